The van der Waals surface area contributed by atoms with Crippen LogP contribution in [-0.2, 0) is 4.79 Å². The number of carbonyl (C=O) groups is 1. The Labute approximate surface area is 127 Å². The first kappa shape index (κ1) is 14.9. The van der Waals surface area contributed by atoms with Crippen molar-refractivity contribution < 1.29 is 13.6 Å². The third-order valence-electron chi connectivity index (χ3n) is 3.93. The SMILES string of the molecule is Cc1cc(NC2CCC(F)(F)CC2)nc(N2C=CC(=O)C2)n1. The Morgan fingerprint density at radius 2 is 2.05 bits per heavy atom. The van der Waals surface area contributed by atoms with Gasteiger partial charge in [0.05, 0.1) is 6.54 Å². The van der Waals surface area contributed by atoms with E-state index in [4.69, 9.17) is 0 Å². The van der Waals surface area contributed by atoms with Gasteiger partial charge in [-0.2, -0.15) is 4.98 Å². The zero-order valence-electron chi connectivity index (χ0n) is 12.4. The molecule has 118 valence electrons. The van der Waals surface area contributed by atoms with E-state index in [1.54, 1.807) is 17.2 Å². The smallest absolute Gasteiger partial charge is 0.248 e. The molecule has 1 aromatic rings. The summed E-state index contributed by atoms with van der Waals surface area (Å²) in [6.07, 6.45) is 3.81. The van der Waals surface area contributed by atoms with Crippen molar-refractivity contribution in [1.82, 2.24) is 9.97 Å². The molecule has 1 aliphatic heterocycles. The van der Waals surface area contributed by atoms with Crippen molar-refractivity contribution in [3.63, 3.8) is 0 Å². The van der Waals surface area contributed by atoms with Crippen LogP contribution in [0.3, 0.4) is 0 Å². The number of alkyl halides is 2. The van der Waals surface area contributed by atoms with Gasteiger partial charge in [0, 0.05) is 36.8 Å². The Hall–Kier alpha value is -2.05. The highest BCUT2D eigenvalue weighted by molar-refractivity contribution is 5.96. The fraction of sp³-hybridized carbons (Fsp3) is 0.533. The summed E-state index contributed by atoms with van der Waals surface area (Å²) in [6.45, 7) is 2.07. The minimum absolute atomic E-state index is 0.00229. The molecule has 2 heterocycles. The summed E-state index contributed by atoms with van der Waals surface area (Å²) in [6, 6.07) is 1.79. The molecule has 0 amide bonds. The van der Waals surface area contributed by atoms with Crippen molar-refractivity contribution in [2.75, 3.05) is 16.8 Å². The van der Waals surface area contributed by atoms with E-state index in [1.165, 1.54) is 6.08 Å². The second-order valence-electron chi connectivity index (χ2n) is 5.88. The molecule has 1 saturated carbocycles. The highest BCUT2D eigenvalue weighted by Gasteiger charge is 2.35. The number of hydrogen-bond acceptors (Lipinski definition) is 5. The molecule has 0 unspecified atom stereocenters. The molecular weight excluding hydrogens is 290 g/mol. The molecule has 3 rings (SSSR count). The summed E-state index contributed by atoms with van der Waals surface area (Å²) >= 11 is 0. The van der Waals surface area contributed by atoms with Crippen molar-refractivity contribution in [2.24, 2.45) is 0 Å². The summed E-state index contributed by atoms with van der Waals surface area (Å²) in [7, 11) is 0. The van der Waals surface area contributed by atoms with Gasteiger partial charge < -0.3 is 10.2 Å². The van der Waals surface area contributed by atoms with Crippen molar-refractivity contribution in [2.45, 2.75) is 44.6 Å². The van der Waals surface area contributed by atoms with Crippen LogP contribution in [0, 0.1) is 6.92 Å². The van der Waals surface area contributed by atoms with Crippen LogP contribution in [0.25, 0.3) is 0 Å². The van der Waals surface area contributed by atoms with Gasteiger partial charge in [-0.1, -0.05) is 0 Å². The van der Waals surface area contributed by atoms with Crippen LogP contribution in [0.5, 0.6) is 0 Å². The van der Waals surface area contributed by atoms with Gasteiger partial charge in [-0.15, -0.1) is 0 Å². The fourth-order valence-electron chi connectivity index (χ4n) is 2.73. The Balaban J connectivity index is 1.70. The predicted octanol–water partition coefficient (Wildman–Crippen LogP) is 2.68. The van der Waals surface area contributed by atoms with Crippen LogP contribution in [0.1, 0.15) is 31.4 Å². The number of aryl methyl sites for hydroxylation is 1. The molecule has 0 saturated heterocycles. The highest BCUT2D eigenvalue weighted by Crippen LogP contribution is 2.34. The van der Waals surface area contributed by atoms with Crippen LogP contribution in [-0.4, -0.2) is 34.3 Å². The number of hydrogen-bond donors (Lipinski definition) is 1. The van der Waals surface area contributed by atoms with Crippen LogP contribution in [0.4, 0.5) is 20.5 Å². The molecule has 1 N–H and O–H groups in total. The van der Waals surface area contributed by atoms with E-state index in [-0.39, 0.29) is 31.2 Å². The number of halogens is 2. The molecular formula is C15H18F2N4O. The molecule has 1 aromatic heterocycles. The number of rotatable bonds is 3. The average Bonchev–Trinajstić information content (AvgIpc) is 2.87. The van der Waals surface area contributed by atoms with Crippen LogP contribution < -0.4 is 10.2 Å². The maximum absolute atomic E-state index is 13.2. The summed E-state index contributed by atoms with van der Waals surface area (Å²) in [5.41, 5.74) is 0.765. The summed E-state index contributed by atoms with van der Waals surface area (Å²) in [5, 5.41) is 3.21. The van der Waals surface area contributed by atoms with Crippen LogP contribution in [0.15, 0.2) is 18.3 Å². The van der Waals surface area contributed by atoms with Gasteiger partial charge in [0.25, 0.3) is 0 Å². The van der Waals surface area contributed by atoms with Gasteiger partial charge in [0.1, 0.15) is 5.82 Å². The molecule has 1 fully saturated rings. The van der Waals surface area contributed by atoms with E-state index in [2.05, 4.69) is 15.3 Å². The van der Waals surface area contributed by atoms with Gasteiger partial charge in [-0.3, -0.25) is 4.79 Å². The van der Waals surface area contributed by atoms with Gasteiger partial charge in [0.15, 0.2) is 5.78 Å². The van der Waals surface area contributed by atoms with E-state index in [0.717, 1.165) is 5.69 Å². The number of ketones is 1. The molecule has 5 nitrogen and oxygen atoms in total. The largest absolute Gasteiger partial charge is 0.367 e. The minimum atomic E-state index is -2.54. The topological polar surface area (TPSA) is 58.1 Å². The van der Waals surface area contributed by atoms with E-state index in [1.807, 2.05) is 6.92 Å². The first-order valence-electron chi connectivity index (χ1n) is 7.39. The standard InChI is InChI=1S/C15H18F2N4O/c1-10-8-13(19-11-2-5-15(16,17)6-3-11)20-14(18-10)21-7-4-12(22)9-21/h4,7-8,11H,2-3,5-6,9H2,1H3,(H,18,19,20). The molecule has 1 aliphatic carbocycles. The van der Waals surface area contributed by atoms with Gasteiger partial charge in [0.2, 0.25) is 11.9 Å². The first-order chi connectivity index (χ1) is 10.4. The summed E-state index contributed by atoms with van der Waals surface area (Å²) in [5.74, 6) is -1.46. The van der Waals surface area contributed by atoms with E-state index in [9.17, 15) is 13.6 Å². The third kappa shape index (κ3) is 3.40. The van der Waals surface area contributed by atoms with Gasteiger partial charge in [-0.25, -0.2) is 13.8 Å². The molecule has 0 spiro atoms. The Bertz CT molecular complexity index is 608. The van der Waals surface area contributed by atoms with Crippen molar-refractivity contribution in [1.29, 1.82) is 0 Å². The number of aromatic nitrogens is 2. The molecule has 22 heavy (non-hydrogen) atoms. The third-order valence-corrected chi connectivity index (χ3v) is 3.93. The summed E-state index contributed by atoms with van der Waals surface area (Å²) in [4.78, 5) is 21.7. The Morgan fingerprint density at radius 1 is 1.32 bits per heavy atom. The second-order valence-corrected chi connectivity index (χ2v) is 5.88. The minimum Gasteiger partial charge on any atom is -0.367 e. The normalized spacial score (nSPS) is 21.4. The number of carbonyl (C=O) groups excluding carboxylic acids is 1. The number of nitrogens with zero attached hydrogens (tertiary/aromatic N) is 3. The van der Waals surface area contributed by atoms with Crippen LogP contribution in [0.2, 0.25) is 0 Å². The van der Waals surface area contributed by atoms with Crippen molar-refractivity contribution >= 4 is 17.5 Å². The number of anilines is 2. The maximum atomic E-state index is 13.2. The molecule has 0 aromatic carbocycles. The van der Waals surface area contributed by atoms with E-state index < -0.39 is 5.92 Å². The zero-order chi connectivity index (χ0) is 15.7. The lowest BCUT2D eigenvalue weighted by atomic mass is 9.92. The van der Waals surface area contributed by atoms with E-state index >= 15 is 0 Å². The fourth-order valence-corrected chi connectivity index (χ4v) is 2.73. The van der Waals surface area contributed by atoms with Gasteiger partial charge >= 0.3 is 0 Å². The van der Waals surface area contributed by atoms with Crippen molar-refractivity contribution in [3.8, 4) is 0 Å². The molecule has 0 bridgehead atoms. The zero-order valence-corrected chi connectivity index (χ0v) is 12.4. The average molecular weight is 308 g/mol. The lowest BCUT2D eigenvalue weighted by molar-refractivity contribution is -0.112. The molecule has 0 radical (unpaired) electrons. The monoisotopic (exact) mass is 308 g/mol. The molecule has 7 heteroatoms. The van der Waals surface area contributed by atoms with E-state index in [0.29, 0.717) is 24.6 Å². The van der Waals surface area contributed by atoms with Gasteiger partial charge in [-0.05, 0) is 25.8 Å². The van der Waals surface area contributed by atoms with Crippen molar-refractivity contribution in [3.05, 3.63) is 24.0 Å². The highest BCUT2D eigenvalue weighted by atomic mass is 19.3. The first-order valence-corrected chi connectivity index (χ1v) is 7.39. The molecule has 2 aliphatic rings. The lowest BCUT2D eigenvalue weighted by Gasteiger charge is -2.29. The molecule has 0 atom stereocenters. The number of nitrogens with one attached hydrogen (secondary N) is 1. The Kier molecular flexibility index (Phi) is 3.80. The lowest BCUT2D eigenvalue weighted by Crippen LogP contribution is -2.32. The predicted molar refractivity (Wildman–Crippen MR) is 79.1 cm³/mol. The van der Waals surface area contributed by atoms with Crippen LogP contribution >= 0.6 is 0 Å². The second kappa shape index (κ2) is 5.62. The maximum Gasteiger partial charge on any atom is 0.248 e. The Morgan fingerprint density at radius 3 is 2.68 bits per heavy atom. The quantitative estimate of drug-likeness (QED) is 0.930. The summed E-state index contributed by atoms with van der Waals surface area (Å²) < 4.78 is 26.4.